The lowest BCUT2D eigenvalue weighted by atomic mass is 9.95. The van der Waals surface area contributed by atoms with Crippen molar-refractivity contribution in [3.8, 4) is 0 Å². The second-order valence-electron chi connectivity index (χ2n) is 7.49. The smallest absolute Gasteiger partial charge is 0.349 e. The standard InChI is InChI=1S/C18H27N3O5S.ClH/c1-12-10-15(13-4-3-7-19-11-13)26-18(23)16(12)17(22)21-8-5-14(6-9-21)20-27(2,24)25;/h10,13-14,19-20H,3-9,11H2,1-2H3;1H. The summed E-state index contributed by atoms with van der Waals surface area (Å²) in [6.45, 7) is 4.32. The summed E-state index contributed by atoms with van der Waals surface area (Å²) in [6.07, 6.45) is 4.17. The topological polar surface area (TPSA) is 109 Å². The molecular formula is C18H28ClN3O5S. The summed E-state index contributed by atoms with van der Waals surface area (Å²) < 4.78 is 30.7. The molecule has 0 bridgehead atoms. The molecule has 158 valence electrons. The van der Waals surface area contributed by atoms with E-state index in [0.717, 1.165) is 32.2 Å². The van der Waals surface area contributed by atoms with E-state index in [4.69, 9.17) is 4.42 Å². The van der Waals surface area contributed by atoms with E-state index in [9.17, 15) is 18.0 Å². The Morgan fingerprint density at radius 3 is 2.50 bits per heavy atom. The molecule has 0 spiro atoms. The molecule has 1 aromatic rings. The predicted octanol–water partition coefficient (Wildman–Crippen LogP) is 0.991. The van der Waals surface area contributed by atoms with E-state index in [-0.39, 0.29) is 35.8 Å². The third-order valence-corrected chi connectivity index (χ3v) is 6.01. The van der Waals surface area contributed by atoms with Crippen molar-refractivity contribution in [3.05, 3.63) is 33.4 Å². The quantitative estimate of drug-likeness (QED) is 0.733. The Hall–Kier alpha value is -1.42. The molecule has 0 aliphatic carbocycles. The number of hydrogen-bond donors (Lipinski definition) is 2. The second-order valence-corrected chi connectivity index (χ2v) is 9.27. The van der Waals surface area contributed by atoms with Gasteiger partial charge >= 0.3 is 5.63 Å². The summed E-state index contributed by atoms with van der Waals surface area (Å²) in [5, 5.41) is 3.30. The number of rotatable bonds is 4. The number of nitrogens with one attached hydrogen (secondary N) is 2. The van der Waals surface area contributed by atoms with Gasteiger partial charge in [0.25, 0.3) is 5.91 Å². The van der Waals surface area contributed by atoms with Crippen molar-refractivity contribution < 1.29 is 17.6 Å². The molecule has 1 atom stereocenters. The van der Waals surface area contributed by atoms with E-state index in [1.54, 1.807) is 11.8 Å². The molecule has 3 heterocycles. The largest absolute Gasteiger partial charge is 0.427 e. The summed E-state index contributed by atoms with van der Waals surface area (Å²) in [6, 6.07) is 1.63. The van der Waals surface area contributed by atoms with Gasteiger partial charge in [-0.1, -0.05) is 0 Å². The second kappa shape index (κ2) is 9.39. The van der Waals surface area contributed by atoms with Crippen molar-refractivity contribution >= 4 is 28.3 Å². The lowest BCUT2D eigenvalue weighted by molar-refractivity contribution is 0.0705. The highest BCUT2D eigenvalue weighted by molar-refractivity contribution is 7.88. The number of amides is 1. The maximum atomic E-state index is 12.8. The van der Waals surface area contributed by atoms with Crippen LogP contribution in [0.3, 0.4) is 0 Å². The number of sulfonamides is 1. The third kappa shape index (κ3) is 5.56. The molecule has 1 aromatic heterocycles. The molecule has 1 unspecified atom stereocenters. The van der Waals surface area contributed by atoms with Crippen LogP contribution in [0.2, 0.25) is 0 Å². The van der Waals surface area contributed by atoms with Gasteiger partial charge in [0, 0.05) is 31.6 Å². The van der Waals surface area contributed by atoms with E-state index < -0.39 is 15.6 Å². The van der Waals surface area contributed by atoms with E-state index in [2.05, 4.69) is 10.0 Å². The van der Waals surface area contributed by atoms with Crippen molar-refractivity contribution in [2.75, 3.05) is 32.4 Å². The average Bonchev–Trinajstić information content (AvgIpc) is 2.61. The van der Waals surface area contributed by atoms with E-state index in [1.165, 1.54) is 0 Å². The van der Waals surface area contributed by atoms with Crippen LogP contribution >= 0.6 is 12.4 Å². The Labute approximate surface area is 171 Å². The Kier molecular flexibility index (Phi) is 7.66. The van der Waals surface area contributed by atoms with Crippen molar-refractivity contribution in [3.63, 3.8) is 0 Å². The van der Waals surface area contributed by atoms with Gasteiger partial charge in [0.15, 0.2) is 0 Å². The first kappa shape index (κ1) is 22.9. The van der Waals surface area contributed by atoms with Crippen LogP contribution in [0.25, 0.3) is 0 Å². The van der Waals surface area contributed by atoms with E-state index in [0.29, 0.717) is 37.3 Å². The molecule has 2 aliphatic rings. The monoisotopic (exact) mass is 433 g/mol. The highest BCUT2D eigenvalue weighted by Gasteiger charge is 2.29. The summed E-state index contributed by atoms with van der Waals surface area (Å²) in [5.74, 6) is 0.455. The zero-order chi connectivity index (χ0) is 19.6. The number of piperidine rings is 2. The van der Waals surface area contributed by atoms with Crippen LogP contribution in [0.5, 0.6) is 0 Å². The van der Waals surface area contributed by atoms with Crippen LogP contribution < -0.4 is 15.7 Å². The minimum atomic E-state index is -3.27. The van der Waals surface area contributed by atoms with Gasteiger partial charge in [-0.15, -0.1) is 12.4 Å². The van der Waals surface area contributed by atoms with E-state index in [1.807, 2.05) is 6.07 Å². The number of nitrogens with zero attached hydrogens (tertiary/aromatic N) is 1. The highest BCUT2D eigenvalue weighted by atomic mass is 35.5. The van der Waals surface area contributed by atoms with Crippen LogP contribution in [0.4, 0.5) is 0 Å². The fraction of sp³-hybridized carbons (Fsp3) is 0.667. The van der Waals surface area contributed by atoms with Crippen molar-refractivity contribution in [1.29, 1.82) is 0 Å². The lowest BCUT2D eigenvalue weighted by Crippen LogP contribution is -2.47. The molecule has 0 aromatic carbocycles. The summed E-state index contributed by atoms with van der Waals surface area (Å²) in [7, 11) is -3.27. The van der Waals surface area contributed by atoms with Crippen molar-refractivity contribution in [2.24, 2.45) is 0 Å². The van der Waals surface area contributed by atoms with Gasteiger partial charge in [0.1, 0.15) is 11.3 Å². The van der Waals surface area contributed by atoms with Crippen LogP contribution in [0.1, 0.15) is 53.3 Å². The fourth-order valence-electron chi connectivity index (χ4n) is 3.85. The molecule has 2 aliphatic heterocycles. The predicted molar refractivity (Wildman–Crippen MR) is 109 cm³/mol. The van der Waals surface area contributed by atoms with Gasteiger partial charge in [0.05, 0.1) is 6.26 Å². The van der Waals surface area contributed by atoms with Gasteiger partial charge in [0.2, 0.25) is 10.0 Å². The molecule has 8 nitrogen and oxygen atoms in total. The number of carbonyl (C=O) groups excluding carboxylic acids is 1. The first-order valence-corrected chi connectivity index (χ1v) is 11.3. The number of hydrogen-bond acceptors (Lipinski definition) is 6. The van der Waals surface area contributed by atoms with Crippen molar-refractivity contribution in [2.45, 2.75) is 44.6 Å². The Morgan fingerprint density at radius 2 is 1.96 bits per heavy atom. The molecule has 2 fully saturated rings. The van der Waals surface area contributed by atoms with Crippen LogP contribution in [-0.4, -0.2) is 57.7 Å². The number of likely N-dealkylation sites (tertiary alicyclic amines) is 1. The minimum Gasteiger partial charge on any atom is -0.427 e. The summed E-state index contributed by atoms with van der Waals surface area (Å²) in [4.78, 5) is 26.9. The Bertz CT molecular complexity index is 856. The normalized spacial score (nSPS) is 21.2. The first-order valence-electron chi connectivity index (χ1n) is 9.36. The zero-order valence-corrected chi connectivity index (χ0v) is 17.8. The zero-order valence-electron chi connectivity index (χ0n) is 16.2. The van der Waals surface area contributed by atoms with Crippen LogP contribution in [0.15, 0.2) is 15.3 Å². The number of aryl methyl sites for hydroxylation is 1. The molecular weight excluding hydrogens is 406 g/mol. The molecule has 10 heteroatoms. The lowest BCUT2D eigenvalue weighted by Gasteiger charge is -2.32. The number of halogens is 1. The molecule has 2 saturated heterocycles. The van der Waals surface area contributed by atoms with Gasteiger partial charge in [-0.25, -0.2) is 17.9 Å². The van der Waals surface area contributed by atoms with Gasteiger partial charge in [-0.2, -0.15) is 0 Å². The van der Waals surface area contributed by atoms with Gasteiger partial charge in [-0.05, 0) is 50.8 Å². The van der Waals surface area contributed by atoms with Gasteiger partial charge in [-0.3, -0.25) is 4.79 Å². The maximum Gasteiger partial charge on any atom is 0.349 e. The third-order valence-electron chi connectivity index (χ3n) is 5.24. The minimum absolute atomic E-state index is 0. The van der Waals surface area contributed by atoms with E-state index >= 15 is 0 Å². The molecule has 0 radical (unpaired) electrons. The molecule has 2 N–H and O–H groups in total. The van der Waals surface area contributed by atoms with Crippen LogP contribution in [0, 0.1) is 6.92 Å². The summed E-state index contributed by atoms with van der Waals surface area (Å²) >= 11 is 0. The molecule has 28 heavy (non-hydrogen) atoms. The molecule has 3 rings (SSSR count). The summed E-state index contributed by atoms with van der Waals surface area (Å²) in [5.41, 5.74) is 0.127. The average molecular weight is 434 g/mol. The SMILES string of the molecule is Cc1cc(C2CCCNC2)oc(=O)c1C(=O)N1CCC(NS(C)(=O)=O)CC1.Cl. The maximum absolute atomic E-state index is 12.8. The van der Waals surface area contributed by atoms with Crippen molar-refractivity contribution in [1.82, 2.24) is 14.9 Å². The molecule has 0 saturated carbocycles. The first-order chi connectivity index (χ1) is 12.7. The fourth-order valence-corrected chi connectivity index (χ4v) is 4.69. The number of carbonyl (C=O) groups is 1. The van der Waals surface area contributed by atoms with Gasteiger partial charge < -0.3 is 14.6 Å². The Morgan fingerprint density at radius 1 is 1.29 bits per heavy atom. The molecule has 1 amide bonds. The van der Waals surface area contributed by atoms with Crippen LogP contribution in [-0.2, 0) is 10.0 Å². The Balaban J connectivity index is 0.00000280. The highest BCUT2D eigenvalue weighted by Crippen LogP contribution is 2.24.